The molecule has 4 rings (SSSR count). The number of rotatable bonds is 2. The maximum atomic E-state index is 12.7. The third-order valence-corrected chi connectivity index (χ3v) is 4.74. The fourth-order valence-electron chi connectivity index (χ4n) is 3.39. The van der Waals surface area contributed by atoms with Crippen LogP contribution < -0.4 is 9.47 Å². The number of amides is 1. The lowest BCUT2D eigenvalue weighted by molar-refractivity contribution is -0.142. The van der Waals surface area contributed by atoms with Gasteiger partial charge in [-0.15, -0.1) is 0 Å². The van der Waals surface area contributed by atoms with Gasteiger partial charge >= 0.3 is 0 Å². The molecule has 2 aliphatic heterocycles. The summed E-state index contributed by atoms with van der Waals surface area (Å²) in [5, 5.41) is 4.49. The number of carbonyl (C=O) groups excluding carboxylic acids is 1. The van der Waals surface area contributed by atoms with Gasteiger partial charge in [-0.25, -0.2) is 0 Å². The predicted molar refractivity (Wildman–Crippen MR) is 88.1 cm³/mol. The third-order valence-electron chi connectivity index (χ3n) is 4.74. The molecule has 0 saturated carbocycles. The molecule has 1 aromatic carbocycles. The average molecular weight is 327 g/mol. The molecule has 2 aliphatic rings. The van der Waals surface area contributed by atoms with Gasteiger partial charge in [-0.3, -0.25) is 9.48 Å². The highest BCUT2D eigenvalue weighted by atomic mass is 16.6. The van der Waals surface area contributed by atoms with Gasteiger partial charge in [0.15, 0.2) is 11.5 Å². The summed E-state index contributed by atoms with van der Waals surface area (Å²) in [5.74, 6) is 1.80. The smallest absolute Gasteiger partial charge is 0.267 e. The zero-order valence-corrected chi connectivity index (χ0v) is 13.7. The van der Waals surface area contributed by atoms with Crippen LogP contribution in [0.5, 0.6) is 11.5 Å². The Bertz CT molecular complexity index is 735. The number of aromatic nitrogens is 2. The lowest BCUT2D eigenvalue weighted by atomic mass is 9.93. The number of aryl methyl sites for hydroxylation is 1. The quantitative estimate of drug-likeness (QED) is 0.846. The largest absolute Gasteiger partial charge is 0.485 e. The van der Waals surface area contributed by atoms with Crippen molar-refractivity contribution >= 4 is 5.91 Å². The van der Waals surface area contributed by atoms with Crippen LogP contribution in [0.4, 0.5) is 0 Å². The summed E-state index contributed by atoms with van der Waals surface area (Å²) in [6, 6.07) is 9.54. The predicted octanol–water partition coefficient (Wildman–Crippen LogP) is 1.97. The van der Waals surface area contributed by atoms with Crippen LogP contribution in [-0.4, -0.2) is 46.4 Å². The molecular weight excluding hydrogens is 306 g/mol. The van der Waals surface area contributed by atoms with Crippen LogP contribution in [0.1, 0.15) is 24.5 Å². The molecule has 0 N–H and O–H groups in total. The van der Waals surface area contributed by atoms with Crippen LogP contribution in [0.25, 0.3) is 0 Å². The molecule has 0 unspecified atom stereocenters. The van der Waals surface area contributed by atoms with Crippen molar-refractivity contribution in [2.24, 2.45) is 7.05 Å². The van der Waals surface area contributed by atoms with Crippen molar-refractivity contribution in [3.05, 3.63) is 42.2 Å². The van der Waals surface area contributed by atoms with E-state index in [2.05, 4.69) is 11.2 Å². The van der Waals surface area contributed by atoms with Crippen LogP contribution in [0.15, 0.2) is 36.5 Å². The van der Waals surface area contributed by atoms with Crippen LogP contribution in [0.3, 0.4) is 0 Å². The minimum Gasteiger partial charge on any atom is -0.485 e. The second-order valence-corrected chi connectivity index (χ2v) is 6.38. The molecule has 126 valence electrons. The summed E-state index contributed by atoms with van der Waals surface area (Å²) >= 11 is 0. The number of hydrogen-bond donors (Lipinski definition) is 0. The maximum Gasteiger partial charge on any atom is 0.267 e. The van der Waals surface area contributed by atoms with E-state index in [9.17, 15) is 4.79 Å². The van der Waals surface area contributed by atoms with Gasteiger partial charge in [0.25, 0.3) is 5.91 Å². The number of hydrogen-bond acceptors (Lipinski definition) is 4. The molecule has 0 radical (unpaired) electrons. The van der Waals surface area contributed by atoms with E-state index in [-0.39, 0.29) is 12.5 Å². The van der Waals surface area contributed by atoms with E-state index in [1.165, 1.54) is 0 Å². The summed E-state index contributed by atoms with van der Waals surface area (Å²) < 4.78 is 13.3. The number of ether oxygens (including phenoxy) is 2. The Morgan fingerprint density at radius 1 is 1.17 bits per heavy atom. The van der Waals surface area contributed by atoms with Crippen molar-refractivity contribution in [3.63, 3.8) is 0 Å². The highest BCUT2D eigenvalue weighted by Crippen LogP contribution is 2.32. The van der Waals surface area contributed by atoms with E-state index >= 15 is 0 Å². The number of para-hydroxylation sites is 2. The summed E-state index contributed by atoms with van der Waals surface area (Å²) in [5.41, 5.74) is 1.12. The topological polar surface area (TPSA) is 56.6 Å². The molecule has 0 spiro atoms. The van der Waals surface area contributed by atoms with Gasteiger partial charge in [0.1, 0.15) is 6.61 Å². The number of benzene rings is 1. The SMILES string of the molecule is Cn1ccc(C2CCN(C(=O)[C@@H]3COc4ccccc4O3)CC2)n1. The first-order chi connectivity index (χ1) is 11.7. The van der Waals surface area contributed by atoms with Gasteiger partial charge in [0.05, 0.1) is 5.69 Å². The van der Waals surface area contributed by atoms with Crippen LogP contribution in [-0.2, 0) is 11.8 Å². The van der Waals surface area contributed by atoms with Gasteiger partial charge in [-0.1, -0.05) is 12.1 Å². The van der Waals surface area contributed by atoms with Gasteiger partial charge in [0, 0.05) is 32.3 Å². The second kappa shape index (κ2) is 6.19. The molecule has 1 fully saturated rings. The second-order valence-electron chi connectivity index (χ2n) is 6.38. The molecule has 1 aromatic heterocycles. The minimum absolute atomic E-state index is 0.0176. The lowest BCUT2D eigenvalue weighted by Gasteiger charge is -2.35. The van der Waals surface area contributed by atoms with Crippen molar-refractivity contribution < 1.29 is 14.3 Å². The van der Waals surface area contributed by atoms with E-state index < -0.39 is 6.10 Å². The number of likely N-dealkylation sites (tertiary alicyclic amines) is 1. The van der Waals surface area contributed by atoms with Crippen molar-refractivity contribution in [1.29, 1.82) is 0 Å². The Morgan fingerprint density at radius 2 is 1.92 bits per heavy atom. The molecular formula is C18H21N3O3. The molecule has 3 heterocycles. The van der Waals surface area contributed by atoms with E-state index in [0.717, 1.165) is 31.6 Å². The van der Waals surface area contributed by atoms with Crippen LogP contribution in [0.2, 0.25) is 0 Å². The van der Waals surface area contributed by atoms with Gasteiger partial charge in [-0.05, 0) is 31.0 Å². The van der Waals surface area contributed by atoms with E-state index in [1.807, 2.05) is 47.1 Å². The fraction of sp³-hybridized carbons (Fsp3) is 0.444. The number of piperidine rings is 1. The molecule has 2 aromatic rings. The molecule has 6 heteroatoms. The molecule has 1 amide bonds. The first-order valence-electron chi connectivity index (χ1n) is 8.37. The highest BCUT2D eigenvalue weighted by Gasteiger charge is 2.33. The molecule has 0 aliphatic carbocycles. The van der Waals surface area contributed by atoms with Crippen LogP contribution in [0, 0.1) is 0 Å². The van der Waals surface area contributed by atoms with Crippen molar-refractivity contribution in [1.82, 2.24) is 14.7 Å². The first-order valence-corrected chi connectivity index (χ1v) is 8.37. The Kier molecular flexibility index (Phi) is 3.88. The standard InChI is InChI=1S/C18H21N3O3/c1-20-9-8-14(19-20)13-6-10-21(11-7-13)18(22)17-12-23-15-4-2-3-5-16(15)24-17/h2-5,8-9,13,17H,6-7,10-12H2,1H3/t17-/m0/s1. The first kappa shape index (κ1) is 15.1. The summed E-state index contributed by atoms with van der Waals surface area (Å²) in [6.45, 7) is 1.75. The zero-order chi connectivity index (χ0) is 16.5. The third kappa shape index (κ3) is 2.84. The molecule has 6 nitrogen and oxygen atoms in total. The summed E-state index contributed by atoms with van der Waals surface area (Å²) in [7, 11) is 1.93. The number of fused-ring (bicyclic) bond motifs is 1. The van der Waals surface area contributed by atoms with Crippen LogP contribution >= 0.6 is 0 Å². The Hall–Kier alpha value is -2.50. The molecule has 0 bridgehead atoms. The van der Waals surface area contributed by atoms with E-state index in [1.54, 1.807) is 0 Å². The number of nitrogens with zero attached hydrogens (tertiary/aromatic N) is 3. The van der Waals surface area contributed by atoms with Crippen molar-refractivity contribution in [3.8, 4) is 11.5 Å². The summed E-state index contributed by atoms with van der Waals surface area (Å²) in [4.78, 5) is 14.6. The normalized spacial score (nSPS) is 20.9. The highest BCUT2D eigenvalue weighted by molar-refractivity contribution is 5.82. The van der Waals surface area contributed by atoms with E-state index in [0.29, 0.717) is 17.4 Å². The number of carbonyl (C=O) groups is 1. The average Bonchev–Trinajstić information content (AvgIpc) is 3.07. The summed E-state index contributed by atoms with van der Waals surface area (Å²) in [6.07, 6.45) is 3.29. The Balaban J connectivity index is 1.37. The van der Waals surface area contributed by atoms with Gasteiger partial charge in [0.2, 0.25) is 6.10 Å². The van der Waals surface area contributed by atoms with Gasteiger partial charge < -0.3 is 14.4 Å². The Labute approximate surface area is 141 Å². The molecule has 1 atom stereocenters. The zero-order valence-electron chi connectivity index (χ0n) is 13.7. The van der Waals surface area contributed by atoms with Crippen molar-refractivity contribution in [2.45, 2.75) is 24.9 Å². The molecule has 24 heavy (non-hydrogen) atoms. The molecule has 1 saturated heterocycles. The maximum absolute atomic E-state index is 12.7. The van der Waals surface area contributed by atoms with Gasteiger partial charge in [-0.2, -0.15) is 5.10 Å². The Morgan fingerprint density at radius 3 is 2.62 bits per heavy atom. The van der Waals surface area contributed by atoms with E-state index in [4.69, 9.17) is 9.47 Å². The monoisotopic (exact) mass is 327 g/mol. The van der Waals surface area contributed by atoms with Crippen molar-refractivity contribution in [2.75, 3.05) is 19.7 Å². The minimum atomic E-state index is -0.550. The lowest BCUT2D eigenvalue weighted by Crippen LogP contribution is -2.48. The fourth-order valence-corrected chi connectivity index (χ4v) is 3.39.